The first-order valence-corrected chi connectivity index (χ1v) is 11.6. The lowest BCUT2D eigenvalue weighted by molar-refractivity contribution is -0.119. The molecule has 1 aliphatic carbocycles. The highest BCUT2D eigenvalue weighted by atomic mass is 32.2. The Kier molecular flexibility index (Phi) is 5.49. The molecule has 0 fully saturated rings. The fourth-order valence-corrected chi connectivity index (χ4v) is 5.18. The van der Waals surface area contributed by atoms with Crippen LogP contribution in [0.4, 0.5) is 0 Å². The van der Waals surface area contributed by atoms with Crippen LogP contribution < -0.4 is 10.1 Å². The average molecular weight is 420 g/mol. The minimum atomic E-state index is 0.00474. The lowest BCUT2D eigenvalue weighted by Crippen LogP contribution is -2.33. The van der Waals surface area contributed by atoms with E-state index in [1.165, 1.54) is 36.0 Å². The number of nitrogens with one attached hydrogen (secondary N) is 1. The number of ether oxygens (including phenoxy) is 1. The maximum absolute atomic E-state index is 12.8. The smallest absolute Gasteiger partial charge is 0.230 e. The van der Waals surface area contributed by atoms with Gasteiger partial charge in [0.05, 0.1) is 24.1 Å². The third kappa shape index (κ3) is 3.84. The molecule has 2 aromatic carbocycles. The SMILES string of the molecule is O=C(CSc1nc2c(n1-c1ccccc1)CCCC2)NC1CCOc2ccccc21. The number of thioether (sulfide) groups is 1. The number of hydrogen-bond acceptors (Lipinski definition) is 4. The van der Waals surface area contributed by atoms with Gasteiger partial charge in [-0.2, -0.15) is 0 Å². The monoisotopic (exact) mass is 419 g/mol. The van der Waals surface area contributed by atoms with Crippen LogP contribution in [0.2, 0.25) is 0 Å². The van der Waals surface area contributed by atoms with E-state index >= 15 is 0 Å². The van der Waals surface area contributed by atoms with Crippen molar-refractivity contribution in [2.75, 3.05) is 12.4 Å². The van der Waals surface area contributed by atoms with Crippen molar-refractivity contribution in [3.63, 3.8) is 0 Å². The van der Waals surface area contributed by atoms with Crippen molar-refractivity contribution in [3.05, 3.63) is 71.5 Å². The van der Waals surface area contributed by atoms with Crippen LogP contribution in [-0.4, -0.2) is 27.8 Å². The van der Waals surface area contributed by atoms with Crippen LogP contribution in [-0.2, 0) is 17.6 Å². The number of aryl methyl sites for hydroxylation is 1. The van der Waals surface area contributed by atoms with Gasteiger partial charge in [-0.15, -0.1) is 0 Å². The van der Waals surface area contributed by atoms with Gasteiger partial charge >= 0.3 is 0 Å². The lowest BCUT2D eigenvalue weighted by Gasteiger charge is -2.26. The summed E-state index contributed by atoms with van der Waals surface area (Å²) in [6, 6.07) is 18.3. The molecule has 1 N–H and O–H groups in total. The van der Waals surface area contributed by atoms with Crippen LogP contribution in [0, 0.1) is 0 Å². The zero-order valence-corrected chi connectivity index (χ0v) is 17.7. The number of hydrogen-bond donors (Lipinski definition) is 1. The Balaban J connectivity index is 1.32. The van der Waals surface area contributed by atoms with E-state index in [-0.39, 0.29) is 11.9 Å². The molecule has 0 bridgehead atoms. The average Bonchev–Trinajstić information content (AvgIpc) is 3.17. The van der Waals surface area contributed by atoms with Crippen LogP contribution in [0.3, 0.4) is 0 Å². The Hall–Kier alpha value is -2.73. The summed E-state index contributed by atoms with van der Waals surface area (Å²) in [6.07, 6.45) is 5.24. The van der Waals surface area contributed by atoms with Crippen LogP contribution in [0.1, 0.15) is 42.3 Å². The van der Waals surface area contributed by atoms with Gasteiger partial charge in [-0.3, -0.25) is 9.36 Å². The first-order chi connectivity index (χ1) is 14.8. The molecule has 5 nitrogen and oxygen atoms in total. The number of aromatic nitrogens is 2. The van der Waals surface area contributed by atoms with E-state index in [9.17, 15) is 4.79 Å². The third-order valence-corrected chi connectivity index (χ3v) is 6.68. The predicted octanol–water partition coefficient (Wildman–Crippen LogP) is 4.48. The van der Waals surface area contributed by atoms with Crippen molar-refractivity contribution in [3.8, 4) is 11.4 Å². The second-order valence-electron chi connectivity index (χ2n) is 7.75. The Morgan fingerprint density at radius 1 is 1.10 bits per heavy atom. The standard InChI is InChI=1S/C24H25N3O2S/c28-23(25-19-14-15-29-22-13-7-4-10-18(19)22)16-30-24-26-20-11-5-6-12-21(20)27(24)17-8-2-1-3-9-17/h1-4,7-10,13,19H,5-6,11-12,14-16H2,(H,25,28). The number of fused-ring (bicyclic) bond motifs is 2. The van der Waals surface area contributed by atoms with Gasteiger partial charge in [0, 0.05) is 23.4 Å². The van der Waals surface area contributed by atoms with Gasteiger partial charge in [-0.1, -0.05) is 48.2 Å². The number of rotatable bonds is 5. The van der Waals surface area contributed by atoms with Gasteiger partial charge in [-0.05, 0) is 43.9 Å². The van der Waals surface area contributed by atoms with Crippen LogP contribution in [0.25, 0.3) is 5.69 Å². The second-order valence-corrected chi connectivity index (χ2v) is 8.69. The fraction of sp³-hybridized carbons (Fsp3) is 0.333. The van der Waals surface area contributed by atoms with E-state index in [4.69, 9.17) is 9.72 Å². The molecule has 2 aliphatic rings. The summed E-state index contributed by atoms with van der Waals surface area (Å²) in [5, 5.41) is 4.10. The minimum Gasteiger partial charge on any atom is -0.493 e. The summed E-state index contributed by atoms with van der Waals surface area (Å²) in [4.78, 5) is 17.7. The molecule has 6 heteroatoms. The van der Waals surface area contributed by atoms with Crippen molar-refractivity contribution in [2.24, 2.45) is 0 Å². The molecule has 0 saturated heterocycles. The van der Waals surface area contributed by atoms with E-state index in [1.54, 1.807) is 0 Å². The Morgan fingerprint density at radius 2 is 1.90 bits per heavy atom. The number of para-hydroxylation sites is 2. The van der Waals surface area contributed by atoms with Gasteiger partial charge in [0.1, 0.15) is 5.75 Å². The molecule has 0 saturated carbocycles. The van der Waals surface area contributed by atoms with Gasteiger partial charge in [0.15, 0.2) is 5.16 Å². The van der Waals surface area contributed by atoms with Gasteiger partial charge < -0.3 is 10.1 Å². The van der Waals surface area contributed by atoms with Crippen molar-refractivity contribution < 1.29 is 9.53 Å². The number of carbonyl (C=O) groups is 1. The molecule has 154 valence electrons. The third-order valence-electron chi connectivity index (χ3n) is 5.74. The summed E-state index contributed by atoms with van der Waals surface area (Å²) >= 11 is 1.52. The van der Waals surface area contributed by atoms with E-state index in [0.29, 0.717) is 12.4 Å². The highest BCUT2D eigenvalue weighted by molar-refractivity contribution is 7.99. The van der Waals surface area contributed by atoms with E-state index in [0.717, 1.165) is 41.4 Å². The van der Waals surface area contributed by atoms with E-state index < -0.39 is 0 Å². The van der Waals surface area contributed by atoms with E-state index in [1.807, 2.05) is 42.5 Å². The first-order valence-electron chi connectivity index (χ1n) is 10.6. The van der Waals surface area contributed by atoms with Crippen LogP contribution >= 0.6 is 11.8 Å². The second kappa shape index (κ2) is 8.56. The number of nitrogens with zero attached hydrogens (tertiary/aromatic N) is 2. The number of benzene rings is 2. The van der Waals surface area contributed by atoms with Crippen molar-refractivity contribution in [1.82, 2.24) is 14.9 Å². The largest absolute Gasteiger partial charge is 0.493 e. The van der Waals surface area contributed by atoms with Crippen LogP contribution in [0.5, 0.6) is 5.75 Å². The van der Waals surface area contributed by atoms with Gasteiger partial charge in [-0.25, -0.2) is 4.98 Å². The lowest BCUT2D eigenvalue weighted by atomic mass is 10.0. The first kappa shape index (κ1) is 19.2. The molecule has 1 unspecified atom stereocenters. The molecule has 1 aromatic heterocycles. The zero-order valence-electron chi connectivity index (χ0n) is 16.8. The maximum atomic E-state index is 12.8. The topological polar surface area (TPSA) is 56.2 Å². The Bertz CT molecular complexity index is 1050. The van der Waals surface area contributed by atoms with E-state index in [2.05, 4.69) is 22.0 Å². The Labute approximate surface area is 180 Å². The summed E-state index contributed by atoms with van der Waals surface area (Å²) in [5.41, 5.74) is 4.66. The summed E-state index contributed by atoms with van der Waals surface area (Å²) in [7, 11) is 0. The summed E-state index contributed by atoms with van der Waals surface area (Å²) < 4.78 is 7.95. The molecule has 1 aliphatic heterocycles. The zero-order chi connectivity index (χ0) is 20.3. The fourth-order valence-electron chi connectivity index (χ4n) is 4.31. The Morgan fingerprint density at radius 3 is 2.80 bits per heavy atom. The molecule has 0 radical (unpaired) electrons. The van der Waals surface area contributed by atoms with Gasteiger partial charge in [0.2, 0.25) is 5.91 Å². The number of imidazole rings is 1. The maximum Gasteiger partial charge on any atom is 0.230 e. The molecule has 2 heterocycles. The molecule has 1 atom stereocenters. The number of carbonyl (C=O) groups excluding carboxylic acids is 1. The molecular weight excluding hydrogens is 394 g/mol. The molecule has 30 heavy (non-hydrogen) atoms. The van der Waals surface area contributed by atoms with Crippen molar-refractivity contribution in [2.45, 2.75) is 43.3 Å². The normalized spacial score (nSPS) is 17.5. The highest BCUT2D eigenvalue weighted by Crippen LogP contribution is 2.33. The summed E-state index contributed by atoms with van der Waals surface area (Å²) in [6.45, 7) is 0.625. The van der Waals surface area contributed by atoms with Gasteiger partial charge in [0.25, 0.3) is 0 Å². The highest BCUT2D eigenvalue weighted by Gasteiger charge is 2.24. The minimum absolute atomic E-state index is 0.00474. The molecule has 3 aromatic rings. The van der Waals surface area contributed by atoms with Crippen molar-refractivity contribution >= 4 is 17.7 Å². The van der Waals surface area contributed by atoms with Crippen LogP contribution in [0.15, 0.2) is 59.8 Å². The molecule has 0 spiro atoms. The molecule has 1 amide bonds. The number of amides is 1. The predicted molar refractivity (Wildman–Crippen MR) is 118 cm³/mol. The quantitative estimate of drug-likeness (QED) is 0.620. The summed E-state index contributed by atoms with van der Waals surface area (Å²) in [5.74, 6) is 1.25. The molecular formula is C24H25N3O2S. The van der Waals surface area contributed by atoms with Crippen molar-refractivity contribution in [1.29, 1.82) is 0 Å². The molecule has 5 rings (SSSR count).